The van der Waals surface area contributed by atoms with Gasteiger partial charge in [0, 0.05) is 22.9 Å². The van der Waals surface area contributed by atoms with Crippen LogP contribution in [0.1, 0.15) is 15.9 Å². The molecular weight excluding hydrogens is 260 g/mol. The number of nitrogen functional groups attached to an aromatic ring is 1. The Morgan fingerprint density at radius 3 is 2.33 bits per heavy atom. The normalized spacial score (nSPS) is 10.4. The van der Waals surface area contributed by atoms with Gasteiger partial charge in [-0.2, -0.15) is 0 Å². The minimum Gasteiger partial charge on any atom is -0.398 e. The van der Waals surface area contributed by atoms with E-state index in [0.29, 0.717) is 0 Å². The Balaban J connectivity index is 2.53. The van der Waals surface area contributed by atoms with Gasteiger partial charge in [0.25, 0.3) is 0 Å². The summed E-state index contributed by atoms with van der Waals surface area (Å²) in [6, 6.07) is 7.86. The first-order valence-electron chi connectivity index (χ1n) is 5.04. The van der Waals surface area contributed by atoms with Gasteiger partial charge in [0.2, 0.25) is 0 Å². The van der Waals surface area contributed by atoms with E-state index in [1.165, 1.54) is 12.1 Å². The first kappa shape index (κ1) is 12.5. The van der Waals surface area contributed by atoms with Gasteiger partial charge in [0.05, 0.1) is 5.02 Å². The molecule has 2 rings (SSSR count). The molecule has 0 amide bonds. The molecule has 0 saturated carbocycles. The zero-order valence-corrected chi connectivity index (χ0v) is 9.84. The fourth-order valence-electron chi connectivity index (χ4n) is 1.55. The summed E-state index contributed by atoms with van der Waals surface area (Å²) in [6.45, 7) is 0. The van der Waals surface area contributed by atoms with E-state index in [9.17, 15) is 13.6 Å². The fraction of sp³-hybridized carbons (Fsp3) is 0. The van der Waals surface area contributed by atoms with Crippen molar-refractivity contribution in [3.05, 3.63) is 64.2 Å². The van der Waals surface area contributed by atoms with Crippen LogP contribution < -0.4 is 5.73 Å². The quantitative estimate of drug-likeness (QED) is 0.669. The van der Waals surface area contributed by atoms with Crippen molar-refractivity contribution in [2.24, 2.45) is 0 Å². The van der Waals surface area contributed by atoms with E-state index >= 15 is 0 Å². The van der Waals surface area contributed by atoms with Crippen molar-refractivity contribution in [3.63, 3.8) is 0 Å². The first-order valence-corrected chi connectivity index (χ1v) is 5.42. The molecule has 5 heteroatoms. The third-order valence-electron chi connectivity index (χ3n) is 2.46. The molecule has 18 heavy (non-hydrogen) atoms. The minimum absolute atomic E-state index is 0.109. The van der Waals surface area contributed by atoms with E-state index in [0.717, 1.165) is 12.1 Å². The number of halogens is 3. The summed E-state index contributed by atoms with van der Waals surface area (Å²) in [7, 11) is 0. The van der Waals surface area contributed by atoms with Gasteiger partial charge in [-0.25, -0.2) is 8.78 Å². The van der Waals surface area contributed by atoms with Crippen molar-refractivity contribution >= 4 is 23.1 Å². The van der Waals surface area contributed by atoms with Crippen LogP contribution in [-0.4, -0.2) is 5.78 Å². The van der Waals surface area contributed by atoms with Gasteiger partial charge in [0.15, 0.2) is 17.4 Å². The zero-order valence-electron chi connectivity index (χ0n) is 9.08. The average Bonchev–Trinajstić information content (AvgIpc) is 2.33. The van der Waals surface area contributed by atoms with Crippen LogP contribution in [-0.2, 0) is 0 Å². The SMILES string of the molecule is Nc1cc(F)c(F)cc1C(=O)c1ccccc1Cl. The maximum Gasteiger partial charge on any atom is 0.196 e. The van der Waals surface area contributed by atoms with Crippen LogP contribution in [0.15, 0.2) is 36.4 Å². The summed E-state index contributed by atoms with van der Waals surface area (Å²) in [5.41, 5.74) is 5.46. The molecule has 2 nitrogen and oxygen atoms in total. The lowest BCUT2D eigenvalue weighted by molar-refractivity contribution is 0.103. The largest absolute Gasteiger partial charge is 0.398 e. The van der Waals surface area contributed by atoms with Gasteiger partial charge in [-0.3, -0.25) is 4.79 Å². The molecule has 2 N–H and O–H groups in total. The lowest BCUT2D eigenvalue weighted by Crippen LogP contribution is -2.07. The standard InChI is InChI=1S/C13H8ClF2NO/c14-9-4-2-1-3-7(9)13(18)8-5-10(15)11(16)6-12(8)17/h1-6H,17H2. The summed E-state index contributed by atoms with van der Waals surface area (Å²) in [5.74, 6) is -2.76. The van der Waals surface area contributed by atoms with Crippen LogP contribution in [0.25, 0.3) is 0 Å². The summed E-state index contributed by atoms with van der Waals surface area (Å²) < 4.78 is 26.0. The summed E-state index contributed by atoms with van der Waals surface area (Å²) in [5, 5.41) is 0.228. The van der Waals surface area contributed by atoms with Crippen molar-refractivity contribution in [1.82, 2.24) is 0 Å². The number of carbonyl (C=O) groups excluding carboxylic acids is 1. The van der Waals surface area contributed by atoms with Crippen molar-refractivity contribution in [2.45, 2.75) is 0 Å². The lowest BCUT2D eigenvalue weighted by atomic mass is 10.0. The molecule has 0 heterocycles. The second kappa shape index (κ2) is 4.74. The topological polar surface area (TPSA) is 43.1 Å². The van der Waals surface area contributed by atoms with Crippen molar-refractivity contribution in [3.8, 4) is 0 Å². The highest BCUT2D eigenvalue weighted by atomic mass is 35.5. The molecule has 0 fully saturated rings. The molecule has 2 aromatic rings. The summed E-state index contributed by atoms with van der Waals surface area (Å²) >= 11 is 5.86. The number of ketones is 1. The molecule has 0 aliphatic carbocycles. The van der Waals surface area contributed by atoms with Gasteiger partial charge in [-0.05, 0) is 18.2 Å². The number of hydrogen-bond acceptors (Lipinski definition) is 2. The van der Waals surface area contributed by atoms with Crippen LogP contribution in [0, 0.1) is 11.6 Å². The third kappa shape index (κ3) is 2.19. The van der Waals surface area contributed by atoms with E-state index in [4.69, 9.17) is 17.3 Å². The Bertz CT molecular complexity index is 628. The van der Waals surface area contributed by atoms with Gasteiger partial charge < -0.3 is 5.73 Å². The predicted octanol–water partition coefficient (Wildman–Crippen LogP) is 3.43. The number of carbonyl (C=O) groups is 1. The molecule has 0 spiro atoms. The maximum atomic E-state index is 13.1. The molecule has 92 valence electrons. The van der Waals surface area contributed by atoms with Gasteiger partial charge in [-0.15, -0.1) is 0 Å². The predicted molar refractivity (Wildman–Crippen MR) is 65.7 cm³/mol. The number of nitrogens with two attached hydrogens (primary N) is 1. The Kier molecular flexibility index (Phi) is 3.30. The van der Waals surface area contributed by atoms with Gasteiger partial charge in [0.1, 0.15) is 0 Å². The number of hydrogen-bond donors (Lipinski definition) is 1. The number of rotatable bonds is 2. The van der Waals surface area contributed by atoms with Crippen LogP contribution in [0.4, 0.5) is 14.5 Å². The Morgan fingerprint density at radius 1 is 1.06 bits per heavy atom. The van der Waals surface area contributed by atoms with Gasteiger partial charge >= 0.3 is 0 Å². The summed E-state index contributed by atoms with van der Waals surface area (Å²) in [4.78, 5) is 12.1. The van der Waals surface area contributed by atoms with Crippen molar-refractivity contribution in [1.29, 1.82) is 0 Å². The molecule has 0 aliphatic rings. The second-order valence-corrected chi connectivity index (χ2v) is 4.07. The maximum absolute atomic E-state index is 13.1. The molecule has 0 saturated heterocycles. The molecule has 0 aromatic heterocycles. The fourth-order valence-corrected chi connectivity index (χ4v) is 1.77. The van der Waals surface area contributed by atoms with Crippen LogP contribution in [0.3, 0.4) is 0 Å². The van der Waals surface area contributed by atoms with Crippen LogP contribution in [0.5, 0.6) is 0 Å². The lowest BCUT2D eigenvalue weighted by Gasteiger charge is -2.07. The Hall–Kier alpha value is -1.94. The van der Waals surface area contributed by atoms with Crippen molar-refractivity contribution in [2.75, 3.05) is 5.73 Å². The molecule has 0 bridgehead atoms. The number of anilines is 1. The van der Waals surface area contributed by atoms with Crippen LogP contribution >= 0.6 is 11.6 Å². The molecule has 0 atom stereocenters. The summed E-state index contributed by atoms with van der Waals surface area (Å²) in [6.07, 6.45) is 0. The molecular formula is C13H8ClF2NO. The molecule has 0 unspecified atom stereocenters. The van der Waals surface area contributed by atoms with E-state index in [-0.39, 0.29) is 21.8 Å². The third-order valence-corrected chi connectivity index (χ3v) is 2.79. The number of benzene rings is 2. The van der Waals surface area contributed by atoms with E-state index < -0.39 is 17.4 Å². The van der Waals surface area contributed by atoms with E-state index in [2.05, 4.69) is 0 Å². The average molecular weight is 268 g/mol. The zero-order chi connectivity index (χ0) is 13.3. The highest BCUT2D eigenvalue weighted by Gasteiger charge is 2.17. The minimum atomic E-state index is -1.13. The monoisotopic (exact) mass is 267 g/mol. The smallest absolute Gasteiger partial charge is 0.196 e. The highest BCUT2D eigenvalue weighted by molar-refractivity contribution is 6.35. The first-order chi connectivity index (χ1) is 8.50. The van der Waals surface area contributed by atoms with Crippen LogP contribution in [0.2, 0.25) is 5.02 Å². The van der Waals surface area contributed by atoms with E-state index in [1.807, 2.05) is 0 Å². The van der Waals surface area contributed by atoms with Gasteiger partial charge in [-0.1, -0.05) is 23.7 Å². The van der Waals surface area contributed by atoms with E-state index in [1.54, 1.807) is 12.1 Å². The molecule has 2 aromatic carbocycles. The molecule has 0 radical (unpaired) electrons. The van der Waals surface area contributed by atoms with Crippen molar-refractivity contribution < 1.29 is 13.6 Å². The molecule has 0 aliphatic heterocycles. The Morgan fingerprint density at radius 2 is 1.67 bits per heavy atom. The highest BCUT2D eigenvalue weighted by Crippen LogP contribution is 2.24. The second-order valence-electron chi connectivity index (χ2n) is 3.66. The Labute approximate surface area is 107 Å².